The third-order valence-corrected chi connectivity index (χ3v) is 0. The topological polar surface area (TPSA) is 138 Å². The first-order valence-corrected chi connectivity index (χ1v) is 2.10. The van der Waals surface area contributed by atoms with Crippen molar-refractivity contribution < 1.29 is 28.5 Å². The predicted octanol–water partition coefficient (Wildman–Crippen LogP) is -3.49. The average Bonchev–Trinajstić information content (AvgIpc) is 0.722. The first kappa shape index (κ1) is 23.4. The quantitative estimate of drug-likeness (QED) is 0.347. The molecule has 0 aromatic heterocycles. The Kier molecular flexibility index (Phi) is 22.4. The molecule has 0 bridgehead atoms. The first-order valence-electron chi connectivity index (χ1n) is 0.698. The van der Waals surface area contributed by atoms with Crippen molar-refractivity contribution >= 4 is 36.6 Å². The summed E-state index contributed by atoms with van der Waals surface area (Å²) in [7, 11) is -4.67. The second-order valence-corrected chi connectivity index (χ2v) is 1.34. The molecule has 0 unspecified atom stereocenters. The predicted molar refractivity (Wildman–Crippen MR) is 31.3 cm³/mol. The van der Waals surface area contributed by atoms with Gasteiger partial charge < -0.3 is 11.0 Å². The van der Waals surface area contributed by atoms with E-state index in [9.17, 15) is 0 Å². The van der Waals surface area contributed by atoms with Gasteiger partial charge in [0.1, 0.15) is 0 Å². The van der Waals surface area contributed by atoms with Crippen LogP contribution in [-0.2, 0) is 10.4 Å². The van der Waals surface area contributed by atoms with Crippen LogP contribution in [0.4, 0.5) is 0 Å². The van der Waals surface area contributed by atoms with Gasteiger partial charge in [-0.25, -0.2) is 0 Å². The van der Waals surface area contributed by atoms with Crippen LogP contribution in [0.2, 0.25) is 0 Å². The molecule has 0 saturated heterocycles. The van der Waals surface area contributed by atoms with Gasteiger partial charge in [0.2, 0.25) is 0 Å². The van der Waals surface area contributed by atoms with Crippen LogP contribution in [0.25, 0.3) is 0 Å². The number of rotatable bonds is 0. The van der Waals surface area contributed by atoms with Gasteiger partial charge in [-0.1, -0.05) is 0 Å². The van der Waals surface area contributed by atoms with Crippen LogP contribution in [0.1, 0.15) is 0 Å². The summed E-state index contributed by atoms with van der Waals surface area (Å²) in [6.45, 7) is 0. The summed E-state index contributed by atoms with van der Waals surface area (Å²) in [5, 5.41) is 0. The SMILES string of the molecule is O.O.O=S(=O)(O)O.[BiH3]. The van der Waals surface area contributed by atoms with E-state index in [4.69, 9.17) is 17.5 Å². The maximum atomic E-state index is 8.74. The monoisotopic (exact) mass is 346 g/mol. The molecule has 0 rings (SSSR count). The molecule has 0 fully saturated rings. The van der Waals surface area contributed by atoms with Gasteiger partial charge in [-0.05, 0) is 0 Å². The molecule has 0 aliphatic carbocycles. The van der Waals surface area contributed by atoms with Gasteiger partial charge in [0.25, 0.3) is 0 Å². The molecule has 56 valence electrons. The summed E-state index contributed by atoms with van der Waals surface area (Å²) >= 11 is 0. The van der Waals surface area contributed by atoms with E-state index in [1.54, 1.807) is 0 Å². The fourth-order valence-electron chi connectivity index (χ4n) is 0. The van der Waals surface area contributed by atoms with Crippen molar-refractivity contribution in [2.45, 2.75) is 0 Å². The molecule has 0 spiro atoms. The Bertz CT molecular complexity index is 91.7. The van der Waals surface area contributed by atoms with E-state index < -0.39 is 10.4 Å². The Morgan fingerprint density at radius 1 is 1.00 bits per heavy atom. The van der Waals surface area contributed by atoms with Crippen LogP contribution < -0.4 is 0 Å². The molecule has 6 N–H and O–H groups in total. The standard InChI is InChI=1S/Bi.H2O4S.2H2O.3H/c;1-5(2,3)4;;;;;/h;(H2,1,2,3,4);2*1H2;;;. The maximum absolute atomic E-state index is 8.74. The average molecular weight is 346 g/mol. The molecule has 0 heterocycles. The molecule has 0 aliphatic rings. The summed E-state index contributed by atoms with van der Waals surface area (Å²) in [6.07, 6.45) is 0. The van der Waals surface area contributed by atoms with Crippen molar-refractivity contribution in [1.29, 1.82) is 0 Å². The van der Waals surface area contributed by atoms with Crippen LogP contribution in [0.5, 0.6) is 0 Å². The van der Waals surface area contributed by atoms with E-state index in [0.29, 0.717) is 0 Å². The molecular formula is H9BiO6S. The summed E-state index contributed by atoms with van der Waals surface area (Å²) in [5.74, 6) is 0. The summed E-state index contributed by atoms with van der Waals surface area (Å²) < 4.78 is 31.6. The summed E-state index contributed by atoms with van der Waals surface area (Å²) in [6, 6.07) is 0. The molecule has 0 atom stereocenters. The van der Waals surface area contributed by atoms with Gasteiger partial charge >= 0.3 is 36.6 Å². The normalized spacial score (nSPS) is 7.25. The second kappa shape index (κ2) is 7.67. The molecule has 0 aliphatic heterocycles. The van der Waals surface area contributed by atoms with Gasteiger partial charge in [0.15, 0.2) is 0 Å². The Labute approximate surface area is 65.2 Å². The molecule has 0 aromatic rings. The first-order chi connectivity index (χ1) is 2.00. The van der Waals surface area contributed by atoms with Crippen LogP contribution in [0, 0.1) is 0 Å². The Balaban J connectivity index is -0.0000000267. The van der Waals surface area contributed by atoms with Crippen molar-refractivity contribution in [2.75, 3.05) is 0 Å². The Morgan fingerprint density at radius 2 is 1.00 bits per heavy atom. The minimum atomic E-state index is -4.67. The molecule has 0 radical (unpaired) electrons. The van der Waals surface area contributed by atoms with Gasteiger partial charge in [-0.3, -0.25) is 9.11 Å². The zero-order valence-corrected chi connectivity index (χ0v) is 10.1. The molecule has 0 aromatic carbocycles. The fraction of sp³-hybridized carbons (Fsp3) is 0. The molecular weight excluding hydrogens is 337 g/mol. The van der Waals surface area contributed by atoms with Crippen molar-refractivity contribution in [1.82, 2.24) is 0 Å². The number of hydrogen-bond donors (Lipinski definition) is 2. The van der Waals surface area contributed by atoms with Crippen molar-refractivity contribution in [3.05, 3.63) is 0 Å². The van der Waals surface area contributed by atoms with Gasteiger partial charge in [0.05, 0.1) is 0 Å². The molecule has 6 nitrogen and oxygen atoms in total. The van der Waals surface area contributed by atoms with Crippen LogP contribution in [-0.4, -0.2) is 54.7 Å². The fourth-order valence-corrected chi connectivity index (χ4v) is 0. The molecule has 0 amide bonds. The van der Waals surface area contributed by atoms with Crippen molar-refractivity contribution in [3.63, 3.8) is 0 Å². The Hall–Kier alpha value is 0.673. The van der Waals surface area contributed by atoms with E-state index in [0.717, 1.165) is 0 Å². The molecule has 8 heteroatoms. The summed E-state index contributed by atoms with van der Waals surface area (Å²) in [4.78, 5) is 0. The van der Waals surface area contributed by atoms with E-state index in [1.807, 2.05) is 0 Å². The summed E-state index contributed by atoms with van der Waals surface area (Å²) in [5.41, 5.74) is 0. The van der Waals surface area contributed by atoms with Gasteiger partial charge in [-0.2, -0.15) is 8.42 Å². The third kappa shape index (κ3) is 474. The van der Waals surface area contributed by atoms with Crippen LogP contribution >= 0.6 is 0 Å². The van der Waals surface area contributed by atoms with Crippen LogP contribution in [0.3, 0.4) is 0 Å². The van der Waals surface area contributed by atoms with Gasteiger partial charge in [-0.15, -0.1) is 0 Å². The Morgan fingerprint density at radius 3 is 1.00 bits per heavy atom. The minimum absolute atomic E-state index is 0. The van der Waals surface area contributed by atoms with E-state index in [-0.39, 0.29) is 37.2 Å². The van der Waals surface area contributed by atoms with Crippen molar-refractivity contribution in [3.8, 4) is 0 Å². The van der Waals surface area contributed by atoms with E-state index >= 15 is 0 Å². The zero-order valence-electron chi connectivity index (χ0n) is 3.83. The molecule has 8 heavy (non-hydrogen) atoms. The second-order valence-electron chi connectivity index (χ2n) is 0.448. The van der Waals surface area contributed by atoms with E-state index in [1.165, 1.54) is 0 Å². The number of hydrogen-bond acceptors (Lipinski definition) is 2. The van der Waals surface area contributed by atoms with Gasteiger partial charge in [0, 0.05) is 0 Å². The van der Waals surface area contributed by atoms with Crippen LogP contribution in [0.15, 0.2) is 0 Å². The molecule has 0 saturated carbocycles. The third-order valence-electron chi connectivity index (χ3n) is 0. The zero-order chi connectivity index (χ0) is 4.50. The van der Waals surface area contributed by atoms with Crippen molar-refractivity contribution in [2.24, 2.45) is 0 Å². The van der Waals surface area contributed by atoms with E-state index in [2.05, 4.69) is 0 Å².